The molecule has 1 heterocycles. The second-order valence-corrected chi connectivity index (χ2v) is 11.6. The molecule has 1 unspecified atom stereocenters. The molecule has 94 valence electrons. The van der Waals surface area contributed by atoms with Gasteiger partial charge < -0.3 is 10.1 Å². The summed E-state index contributed by atoms with van der Waals surface area (Å²) < 4.78 is 5.44. The molecule has 1 atom stereocenters. The fraction of sp³-hybridized carbons (Fsp3) is 0.571. The summed E-state index contributed by atoms with van der Waals surface area (Å²) >= 11 is 0. The quantitative estimate of drug-likeness (QED) is 0.819. The molecule has 0 spiro atoms. The summed E-state index contributed by atoms with van der Waals surface area (Å²) in [6.07, 6.45) is 1.25. The Kier molecular flexibility index (Phi) is 3.47. The van der Waals surface area contributed by atoms with E-state index in [1.165, 1.54) is 23.7 Å². The third-order valence-electron chi connectivity index (χ3n) is 3.37. The highest BCUT2D eigenvalue weighted by Gasteiger charge is 2.27. The molecule has 0 amide bonds. The molecular formula is C14H23NOSi. The molecule has 17 heavy (non-hydrogen) atoms. The smallest absolute Gasteiger partial charge is 0.142 e. The van der Waals surface area contributed by atoms with E-state index >= 15 is 0 Å². The number of rotatable bonds is 3. The third kappa shape index (κ3) is 2.83. The maximum absolute atomic E-state index is 5.44. The summed E-state index contributed by atoms with van der Waals surface area (Å²) in [4.78, 5) is 0. The van der Waals surface area contributed by atoms with Gasteiger partial charge in [0.1, 0.15) is 5.75 Å². The first kappa shape index (κ1) is 12.5. The summed E-state index contributed by atoms with van der Waals surface area (Å²) in [6.45, 7) is 8.43. The highest BCUT2D eigenvalue weighted by Crippen LogP contribution is 2.41. The summed E-state index contributed by atoms with van der Waals surface area (Å²) in [7, 11) is 0.740. The lowest BCUT2D eigenvalue weighted by Crippen LogP contribution is -2.27. The largest absolute Gasteiger partial charge is 0.495 e. The number of benzene rings is 1. The van der Waals surface area contributed by atoms with Crippen LogP contribution in [0.4, 0.5) is 5.69 Å². The maximum atomic E-state index is 5.44. The lowest BCUT2D eigenvalue weighted by molar-refractivity contribution is 0.414. The van der Waals surface area contributed by atoms with E-state index in [0.29, 0.717) is 5.92 Å². The minimum Gasteiger partial charge on any atom is -0.495 e. The molecule has 3 heteroatoms. The first-order chi connectivity index (χ1) is 8.01. The molecule has 0 radical (unpaired) electrons. The van der Waals surface area contributed by atoms with Crippen molar-refractivity contribution in [1.29, 1.82) is 0 Å². The normalized spacial score (nSPS) is 19.4. The number of anilines is 1. The third-order valence-corrected chi connectivity index (χ3v) is 5.09. The average Bonchev–Trinajstić information content (AvgIpc) is 2.27. The van der Waals surface area contributed by atoms with Crippen LogP contribution in [0.3, 0.4) is 0 Å². The van der Waals surface area contributed by atoms with E-state index in [0.717, 1.165) is 12.3 Å². The molecule has 2 nitrogen and oxygen atoms in total. The first-order valence-corrected chi connectivity index (χ1v) is 10.1. The molecule has 0 bridgehead atoms. The van der Waals surface area contributed by atoms with Crippen LogP contribution in [0.25, 0.3) is 0 Å². The highest BCUT2D eigenvalue weighted by molar-refractivity contribution is 6.76. The lowest BCUT2D eigenvalue weighted by Gasteiger charge is -2.31. The van der Waals surface area contributed by atoms with Crippen LogP contribution in [0.2, 0.25) is 25.7 Å². The van der Waals surface area contributed by atoms with E-state index in [1.807, 2.05) is 6.07 Å². The molecule has 1 aliphatic rings. The summed E-state index contributed by atoms with van der Waals surface area (Å²) in [6, 6.07) is 7.79. The second-order valence-electron chi connectivity index (χ2n) is 6.10. The van der Waals surface area contributed by atoms with Gasteiger partial charge in [-0.1, -0.05) is 37.8 Å². The predicted octanol–water partition coefficient (Wildman–Crippen LogP) is 3.93. The molecule has 0 saturated carbocycles. The number of fused-ring (bicyclic) bond motifs is 1. The Morgan fingerprint density at radius 1 is 1.35 bits per heavy atom. The fourth-order valence-electron chi connectivity index (χ4n) is 2.73. The van der Waals surface area contributed by atoms with Crippen molar-refractivity contribution < 1.29 is 4.74 Å². The maximum Gasteiger partial charge on any atom is 0.142 e. The van der Waals surface area contributed by atoms with Crippen LogP contribution in [0.5, 0.6) is 5.75 Å². The van der Waals surface area contributed by atoms with Gasteiger partial charge >= 0.3 is 0 Å². The van der Waals surface area contributed by atoms with Crippen molar-refractivity contribution >= 4 is 13.8 Å². The predicted molar refractivity (Wildman–Crippen MR) is 77.0 cm³/mol. The topological polar surface area (TPSA) is 21.3 Å². The molecule has 1 N–H and O–H groups in total. The van der Waals surface area contributed by atoms with Crippen LogP contribution in [0.1, 0.15) is 17.9 Å². The Balaban J connectivity index is 2.31. The first-order valence-electron chi connectivity index (χ1n) is 6.42. The molecule has 0 fully saturated rings. The molecule has 1 aromatic rings. The van der Waals surface area contributed by atoms with Crippen LogP contribution in [0, 0.1) is 0 Å². The van der Waals surface area contributed by atoms with Crippen LogP contribution in [-0.4, -0.2) is 21.7 Å². The standard InChI is InChI=1S/C14H23NOSi/c1-16-13-7-5-6-12-11(10-17(2,3)4)8-9-15-14(12)13/h5-7,11,15H,8-10H2,1-4H3. The second kappa shape index (κ2) is 4.73. The Bertz CT molecular complexity index is 398. The van der Waals surface area contributed by atoms with Gasteiger partial charge in [0.15, 0.2) is 0 Å². The van der Waals surface area contributed by atoms with E-state index in [-0.39, 0.29) is 0 Å². The van der Waals surface area contributed by atoms with Gasteiger partial charge in [0.05, 0.1) is 12.8 Å². The van der Waals surface area contributed by atoms with Crippen LogP contribution < -0.4 is 10.1 Å². The van der Waals surface area contributed by atoms with E-state index in [9.17, 15) is 0 Å². The zero-order valence-electron chi connectivity index (χ0n) is 11.3. The van der Waals surface area contributed by atoms with Gasteiger partial charge in [-0.25, -0.2) is 0 Å². The van der Waals surface area contributed by atoms with Gasteiger partial charge in [0.25, 0.3) is 0 Å². The van der Waals surface area contributed by atoms with Gasteiger partial charge in [0.2, 0.25) is 0 Å². The van der Waals surface area contributed by atoms with Crippen molar-refractivity contribution in [3.63, 3.8) is 0 Å². The molecule has 1 aliphatic heterocycles. The number of hydrogen-bond acceptors (Lipinski definition) is 2. The molecular weight excluding hydrogens is 226 g/mol. The van der Waals surface area contributed by atoms with Crippen molar-refractivity contribution in [1.82, 2.24) is 0 Å². The number of para-hydroxylation sites is 1. The zero-order valence-corrected chi connectivity index (χ0v) is 12.3. The fourth-order valence-corrected chi connectivity index (χ4v) is 4.63. The van der Waals surface area contributed by atoms with Gasteiger partial charge in [-0.05, 0) is 24.0 Å². The van der Waals surface area contributed by atoms with Crippen molar-refractivity contribution in [2.24, 2.45) is 0 Å². The minimum absolute atomic E-state index is 0.716. The number of hydrogen-bond donors (Lipinski definition) is 1. The Morgan fingerprint density at radius 2 is 2.12 bits per heavy atom. The van der Waals surface area contributed by atoms with Gasteiger partial charge in [-0.3, -0.25) is 0 Å². The van der Waals surface area contributed by atoms with Crippen molar-refractivity contribution in [3.05, 3.63) is 23.8 Å². The minimum atomic E-state index is -1.01. The average molecular weight is 249 g/mol. The van der Waals surface area contributed by atoms with Crippen LogP contribution in [-0.2, 0) is 0 Å². The van der Waals surface area contributed by atoms with Crippen LogP contribution >= 0.6 is 0 Å². The lowest BCUT2D eigenvalue weighted by atomic mass is 9.92. The summed E-state index contributed by atoms with van der Waals surface area (Å²) in [5.74, 6) is 1.70. The SMILES string of the molecule is COc1cccc2c1NCCC2C[Si](C)(C)C. The van der Waals surface area contributed by atoms with Crippen molar-refractivity contribution in [3.8, 4) is 5.75 Å². The number of nitrogens with one attached hydrogen (secondary N) is 1. The van der Waals surface area contributed by atoms with Crippen molar-refractivity contribution in [2.45, 2.75) is 38.0 Å². The summed E-state index contributed by atoms with van der Waals surface area (Å²) in [5, 5.41) is 3.49. The molecule has 1 aromatic carbocycles. The van der Waals surface area contributed by atoms with E-state index in [1.54, 1.807) is 7.11 Å². The van der Waals surface area contributed by atoms with E-state index < -0.39 is 8.07 Å². The molecule has 0 aliphatic carbocycles. The monoisotopic (exact) mass is 249 g/mol. The molecule has 0 saturated heterocycles. The summed E-state index contributed by atoms with van der Waals surface area (Å²) in [5.41, 5.74) is 2.68. The highest BCUT2D eigenvalue weighted by atomic mass is 28.3. The Labute approximate surface area is 105 Å². The zero-order chi connectivity index (χ0) is 12.5. The number of methoxy groups -OCH3 is 1. The molecule has 2 rings (SSSR count). The Morgan fingerprint density at radius 3 is 2.76 bits per heavy atom. The van der Waals surface area contributed by atoms with Gasteiger partial charge in [0, 0.05) is 14.6 Å². The Hall–Kier alpha value is -0.963. The number of ether oxygens (including phenoxy) is 1. The van der Waals surface area contributed by atoms with E-state index in [4.69, 9.17) is 4.74 Å². The van der Waals surface area contributed by atoms with E-state index in [2.05, 4.69) is 37.1 Å². The van der Waals surface area contributed by atoms with Gasteiger partial charge in [-0.2, -0.15) is 0 Å². The van der Waals surface area contributed by atoms with Gasteiger partial charge in [-0.15, -0.1) is 0 Å². The van der Waals surface area contributed by atoms with Crippen LogP contribution in [0.15, 0.2) is 18.2 Å². The molecule has 0 aromatic heterocycles. The van der Waals surface area contributed by atoms with Crippen molar-refractivity contribution in [2.75, 3.05) is 19.0 Å².